The Morgan fingerprint density at radius 2 is 1.83 bits per heavy atom. The molecule has 2 aromatic carbocycles. The Morgan fingerprint density at radius 1 is 1.09 bits per heavy atom. The van der Waals surface area contributed by atoms with E-state index in [1.165, 1.54) is 22.3 Å². The van der Waals surface area contributed by atoms with Crippen LogP contribution in [0.1, 0.15) is 28.7 Å². The SMILES string of the molecule is Cc1ccccc1CNCCC(=O)N1CCc2ccccc2C1. The van der Waals surface area contributed by atoms with Gasteiger partial charge in [0, 0.05) is 32.6 Å². The van der Waals surface area contributed by atoms with E-state index in [0.29, 0.717) is 6.42 Å². The molecule has 3 nitrogen and oxygen atoms in total. The van der Waals surface area contributed by atoms with Gasteiger partial charge in [0.15, 0.2) is 0 Å². The van der Waals surface area contributed by atoms with Crippen LogP contribution in [0, 0.1) is 6.92 Å². The molecule has 0 radical (unpaired) electrons. The summed E-state index contributed by atoms with van der Waals surface area (Å²) < 4.78 is 0. The first kappa shape index (κ1) is 15.8. The Hall–Kier alpha value is -2.13. The number of carbonyl (C=O) groups excluding carboxylic acids is 1. The van der Waals surface area contributed by atoms with Crippen molar-refractivity contribution in [1.82, 2.24) is 10.2 Å². The molecule has 0 saturated carbocycles. The van der Waals surface area contributed by atoms with E-state index >= 15 is 0 Å². The van der Waals surface area contributed by atoms with Crippen molar-refractivity contribution in [2.45, 2.75) is 32.9 Å². The van der Waals surface area contributed by atoms with Crippen molar-refractivity contribution in [1.29, 1.82) is 0 Å². The van der Waals surface area contributed by atoms with Gasteiger partial charge in [0.05, 0.1) is 0 Å². The van der Waals surface area contributed by atoms with Gasteiger partial charge in [-0.05, 0) is 35.6 Å². The molecule has 1 heterocycles. The lowest BCUT2D eigenvalue weighted by atomic mass is 10.00. The van der Waals surface area contributed by atoms with E-state index in [0.717, 1.165) is 32.6 Å². The summed E-state index contributed by atoms with van der Waals surface area (Å²) in [6.07, 6.45) is 1.53. The van der Waals surface area contributed by atoms with Gasteiger partial charge >= 0.3 is 0 Å². The van der Waals surface area contributed by atoms with Crippen LogP contribution in [0.4, 0.5) is 0 Å². The van der Waals surface area contributed by atoms with E-state index in [9.17, 15) is 4.79 Å². The van der Waals surface area contributed by atoms with E-state index in [1.54, 1.807) is 0 Å². The zero-order valence-corrected chi connectivity index (χ0v) is 13.7. The number of carbonyl (C=O) groups is 1. The van der Waals surface area contributed by atoms with Crippen LogP contribution in [0.25, 0.3) is 0 Å². The molecule has 1 N–H and O–H groups in total. The molecule has 3 heteroatoms. The van der Waals surface area contributed by atoms with Crippen LogP contribution in [0.2, 0.25) is 0 Å². The molecule has 2 aromatic rings. The van der Waals surface area contributed by atoms with Crippen LogP contribution >= 0.6 is 0 Å². The van der Waals surface area contributed by atoms with Gasteiger partial charge in [-0.15, -0.1) is 0 Å². The lowest BCUT2D eigenvalue weighted by Gasteiger charge is -2.29. The van der Waals surface area contributed by atoms with Gasteiger partial charge in [-0.2, -0.15) is 0 Å². The number of fused-ring (bicyclic) bond motifs is 1. The third kappa shape index (κ3) is 3.99. The quantitative estimate of drug-likeness (QED) is 0.861. The van der Waals surface area contributed by atoms with Crippen molar-refractivity contribution in [2.75, 3.05) is 13.1 Å². The third-order valence-corrected chi connectivity index (χ3v) is 4.58. The van der Waals surface area contributed by atoms with Gasteiger partial charge in [0.25, 0.3) is 0 Å². The smallest absolute Gasteiger partial charge is 0.224 e. The summed E-state index contributed by atoms with van der Waals surface area (Å²) in [4.78, 5) is 14.4. The van der Waals surface area contributed by atoms with E-state index < -0.39 is 0 Å². The van der Waals surface area contributed by atoms with Crippen molar-refractivity contribution in [2.24, 2.45) is 0 Å². The second kappa shape index (κ2) is 7.42. The Morgan fingerprint density at radius 3 is 2.65 bits per heavy atom. The first-order valence-corrected chi connectivity index (χ1v) is 8.34. The summed E-state index contributed by atoms with van der Waals surface area (Å²) in [5.41, 5.74) is 5.26. The average Bonchev–Trinajstić information content (AvgIpc) is 2.59. The number of amides is 1. The second-order valence-electron chi connectivity index (χ2n) is 6.19. The van der Waals surface area contributed by atoms with Crippen molar-refractivity contribution in [3.8, 4) is 0 Å². The number of hydrogen-bond donors (Lipinski definition) is 1. The summed E-state index contributed by atoms with van der Waals surface area (Å²) >= 11 is 0. The molecule has 3 rings (SSSR count). The summed E-state index contributed by atoms with van der Waals surface area (Å²) in [5.74, 6) is 0.247. The third-order valence-electron chi connectivity index (χ3n) is 4.58. The van der Waals surface area contributed by atoms with E-state index in [2.05, 4.69) is 60.8 Å². The van der Waals surface area contributed by atoms with E-state index in [1.807, 2.05) is 4.90 Å². The normalized spacial score (nSPS) is 13.7. The molecule has 0 spiro atoms. The highest BCUT2D eigenvalue weighted by molar-refractivity contribution is 5.76. The van der Waals surface area contributed by atoms with Gasteiger partial charge in [-0.3, -0.25) is 4.79 Å². The molecule has 0 aromatic heterocycles. The maximum Gasteiger partial charge on any atom is 0.224 e. The van der Waals surface area contributed by atoms with E-state index in [-0.39, 0.29) is 5.91 Å². The molecule has 1 amide bonds. The highest BCUT2D eigenvalue weighted by Gasteiger charge is 2.19. The van der Waals surface area contributed by atoms with Crippen molar-refractivity contribution < 1.29 is 4.79 Å². The fourth-order valence-electron chi connectivity index (χ4n) is 3.09. The Bertz CT molecular complexity index is 681. The zero-order chi connectivity index (χ0) is 16.1. The monoisotopic (exact) mass is 308 g/mol. The Labute approximate surface area is 138 Å². The molecular formula is C20H24N2O. The largest absolute Gasteiger partial charge is 0.338 e. The average molecular weight is 308 g/mol. The lowest BCUT2D eigenvalue weighted by Crippen LogP contribution is -2.37. The molecular weight excluding hydrogens is 284 g/mol. The standard InChI is InChI=1S/C20H24N2O/c1-16-6-2-3-8-18(16)14-21-12-10-20(23)22-13-11-17-7-4-5-9-19(17)15-22/h2-9,21H,10-15H2,1H3. The number of hydrogen-bond acceptors (Lipinski definition) is 2. The molecule has 0 aliphatic carbocycles. The number of rotatable bonds is 5. The van der Waals surface area contributed by atoms with Gasteiger partial charge in [-0.1, -0.05) is 48.5 Å². The van der Waals surface area contributed by atoms with Crippen LogP contribution < -0.4 is 5.32 Å². The first-order chi connectivity index (χ1) is 11.2. The molecule has 0 fully saturated rings. The maximum atomic E-state index is 12.4. The fraction of sp³-hybridized carbons (Fsp3) is 0.350. The highest BCUT2D eigenvalue weighted by Crippen LogP contribution is 2.18. The molecule has 1 aliphatic heterocycles. The van der Waals surface area contributed by atoms with E-state index in [4.69, 9.17) is 0 Å². The summed E-state index contributed by atoms with van der Waals surface area (Å²) in [6.45, 7) is 5.27. The predicted octanol–water partition coefficient (Wildman–Crippen LogP) is 3.06. The lowest BCUT2D eigenvalue weighted by molar-refractivity contribution is -0.132. The van der Waals surface area contributed by atoms with Crippen LogP contribution in [0.5, 0.6) is 0 Å². The van der Waals surface area contributed by atoms with Gasteiger partial charge in [0.1, 0.15) is 0 Å². The summed E-state index contributed by atoms with van der Waals surface area (Å²) in [7, 11) is 0. The fourth-order valence-corrected chi connectivity index (χ4v) is 3.09. The molecule has 1 aliphatic rings. The van der Waals surface area contributed by atoms with Crippen LogP contribution in [0.15, 0.2) is 48.5 Å². The molecule has 0 unspecified atom stereocenters. The van der Waals surface area contributed by atoms with Crippen LogP contribution in [-0.2, 0) is 24.3 Å². The van der Waals surface area contributed by atoms with Crippen molar-refractivity contribution in [3.05, 3.63) is 70.8 Å². The molecule has 0 atom stereocenters. The van der Waals surface area contributed by atoms with Crippen molar-refractivity contribution in [3.63, 3.8) is 0 Å². The molecule has 0 saturated heterocycles. The first-order valence-electron chi connectivity index (χ1n) is 8.34. The van der Waals surface area contributed by atoms with Crippen LogP contribution in [-0.4, -0.2) is 23.9 Å². The highest BCUT2D eigenvalue weighted by atomic mass is 16.2. The minimum absolute atomic E-state index is 0.247. The number of nitrogens with one attached hydrogen (secondary N) is 1. The Balaban J connectivity index is 1.45. The maximum absolute atomic E-state index is 12.4. The summed E-state index contributed by atoms with van der Waals surface area (Å²) in [6, 6.07) is 16.8. The minimum atomic E-state index is 0.247. The topological polar surface area (TPSA) is 32.3 Å². The van der Waals surface area contributed by atoms with Gasteiger partial charge in [-0.25, -0.2) is 0 Å². The Kier molecular flexibility index (Phi) is 5.09. The minimum Gasteiger partial charge on any atom is -0.338 e. The molecule has 120 valence electrons. The van der Waals surface area contributed by atoms with Crippen molar-refractivity contribution >= 4 is 5.91 Å². The second-order valence-corrected chi connectivity index (χ2v) is 6.19. The molecule has 23 heavy (non-hydrogen) atoms. The number of nitrogens with zero attached hydrogens (tertiary/aromatic N) is 1. The number of benzene rings is 2. The summed E-state index contributed by atoms with van der Waals surface area (Å²) in [5, 5.41) is 3.38. The van der Waals surface area contributed by atoms with Crippen LogP contribution in [0.3, 0.4) is 0 Å². The zero-order valence-electron chi connectivity index (χ0n) is 13.7. The van der Waals surface area contributed by atoms with Gasteiger partial charge in [0.2, 0.25) is 5.91 Å². The predicted molar refractivity (Wildman–Crippen MR) is 93.1 cm³/mol. The number of aryl methyl sites for hydroxylation is 1. The molecule has 0 bridgehead atoms. The van der Waals surface area contributed by atoms with Gasteiger partial charge < -0.3 is 10.2 Å².